The van der Waals surface area contributed by atoms with Crippen molar-refractivity contribution in [2.45, 2.75) is 43.9 Å². The van der Waals surface area contributed by atoms with E-state index in [2.05, 4.69) is 42.3 Å². The lowest BCUT2D eigenvalue weighted by Crippen LogP contribution is -2.43. The maximum atomic E-state index is 6.29. The van der Waals surface area contributed by atoms with Gasteiger partial charge in [0.25, 0.3) is 0 Å². The van der Waals surface area contributed by atoms with E-state index in [0.29, 0.717) is 18.2 Å². The molecule has 0 aliphatic carbocycles. The summed E-state index contributed by atoms with van der Waals surface area (Å²) in [4.78, 5) is 2.55. The molecule has 2 aliphatic heterocycles. The van der Waals surface area contributed by atoms with Crippen LogP contribution in [0.4, 0.5) is 0 Å². The summed E-state index contributed by atoms with van der Waals surface area (Å²) < 4.78 is 11.6. The first-order valence-corrected chi connectivity index (χ1v) is 8.19. The molecule has 2 aromatic carbocycles. The van der Waals surface area contributed by atoms with Crippen molar-refractivity contribution in [3.8, 4) is 11.5 Å². The summed E-state index contributed by atoms with van der Waals surface area (Å²) >= 11 is 0. The predicted molar refractivity (Wildman–Crippen MR) is 88.7 cm³/mol. The van der Waals surface area contributed by atoms with E-state index >= 15 is 0 Å². The second-order valence-corrected chi connectivity index (χ2v) is 6.64. The number of nitrogens with zero attached hydrogens (tertiary/aromatic N) is 1. The summed E-state index contributed by atoms with van der Waals surface area (Å²) in [5.74, 6) is 1.89. The predicted octanol–water partition coefficient (Wildman–Crippen LogP) is 3.85. The molecule has 2 bridgehead atoms. The second-order valence-electron chi connectivity index (χ2n) is 6.64. The third kappa shape index (κ3) is 2.44. The molecule has 3 nitrogen and oxygen atoms in total. The zero-order valence-electron chi connectivity index (χ0n) is 13.3. The summed E-state index contributed by atoms with van der Waals surface area (Å²) in [6, 6.07) is 14.0. The van der Waals surface area contributed by atoms with E-state index in [1.807, 2.05) is 6.07 Å². The molecule has 116 valence electrons. The van der Waals surface area contributed by atoms with Crippen LogP contribution >= 0.6 is 0 Å². The monoisotopic (exact) mass is 297 g/mol. The Hall–Kier alpha value is -1.74. The number of hydrogen-bond acceptors (Lipinski definition) is 3. The van der Waals surface area contributed by atoms with Gasteiger partial charge in [0.15, 0.2) is 0 Å². The van der Waals surface area contributed by atoms with E-state index in [4.69, 9.17) is 9.47 Å². The van der Waals surface area contributed by atoms with Crippen molar-refractivity contribution >= 4 is 10.8 Å². The molecule has 2 aliphatic rings. The minimum atomic E-state index is 0.365. The van der Waals surface area contributed by atoms with Crippen LogP contribution in [0.2, 0.25) is 0 Å². The van der Waals surface area contributed by atoms with Crippen LogP contribution in [-0.4, -0.2) is 37.2 Å². The Kier molecular flexibility index (Phi) is 3.45. The third-order valence-electron chi connectivity index (χ3n) is 5.38. The Balaban J connectivity index is 1.52. The highest BCUT2D eigenvalue weighted by Gasteiger charge is 2.39. The first kappa shape index (κ1) is 13.9. The van der Waals surface area contributed by atoms with Crippen LogP contribution in [0.3, 0.4) is 0 Å². The van der Waals surface area contributed by atoms with Crippen molar-refractivity contribution in [3.63, 3.8) is 0 Å². The maximum absolute atomic E-state index is 6.29. The van der Waals surface area contributed by atoms with Crippen LogP contribution in [0.25, 0.3) is 10.8 Å². The van der Waals surface area contributed by atoms with Gasteiger partial charge in [0.05, 0.1) is 7.11 Å². The van der Waals surface area contributed by atoms with E-state index in [-0.39, 0.29) is 0 Å². The van der Waals surface area contributed by atoms with Crippen LogP contribution in [0.5, 0.6) is 11.5 Å². The molecule has 2 heterocycles. The molecule has 0 N–H and O–H groups in total. The van der Waals surface area contributed by atoms with E-state index < -0.39 is 0 Å². The second kappa shape index (κ2) is 5.47. The Morgan fingerprint density at radius 3 is 2.14 bits per heavy atom. The topological polar surface area (TPSA) is 21.7 Å². The number of benzene rings is 2. The van der Waals surface area contributed by atoms with E-state index in [1.165, 1.54) is 23.6 Å². The van der Waals surface area contributed by atoms with E-state index in [1.54, 1.807) is 7.11 Å². The van der Waals surface area contributed by atoms with Crippen LogP contribution in [-0.2, 0) is 0 Å². The first-order valence-electron chi connectivity index (χ1n) is 8.19. The molecular weight excluding hydrogens is 274 g/mol. The molecule has 0 aromatic heterocycles. The van der Waals surface area contributed by atoms with Crippen molar-refractivity contribution < 1.29 is 9.47 Å². The van der Waals surface area contributed by atoms with Crippen molar-refractivity contribution in [3.05, 3.63) is 36.4 Å². The van der Waals surface area contributed by atoms with Gasteiger partial charge in [0, 0.05) is 12.1 Å². The fourth-order valence-electron chi connectivity index (χ4n) is 4.05. The highest BCUT2D eigenvalue weighted by Crippen LogP contribution is 2.36. The summed E-state index contributed by atoms with van der Waals surface area (Å²) in [5.41, 5.74) is 0. The highest BCUT2D eigenvalue weighted by molar-refractivity contribution is 5.85. The van der Waals surface area contributed by atoms with Crippen molar-refractivity contribution in [1.29, 1.82) is 0 Å². The summed E-state index contributed by atoms with van der Waals surface area (Å²) in [5, 5.41) is 2.39. The van der Waals surface area contributed by atoms with Gasteiger partial charge in [-0.25, -0.2) is 0 Å². The normalized spacial score (nSPS) is 28.0. The van der Waals surface area contributed by atoms with Crippen LogP contribution in [0, 0.1) is 0 Å². The number of ether oxygens (including phenoxy) is 2. The lowest BCUT2D eigenvalue weighted by molar-refractivity contribution is 0.0662. The van der Waals surface area contributed by atoms with Gasteiger partial charge in [-0.2, -0.15) is 0 Å². The standard InChI is InChI=1S/C19H23NO2/c1-20-15-5-6-16(20)12-19(11-15)22-18-8-4-13-9-17(21-2)7-3-14(13)10-18/h3-4,7-10,15-16,19H,5-6,11-12H2,1-2H3/t15-,16+,19?. The average molecular weight is 297 g/mol. The maximum Gasteiger partial charge on any atom is 0.120 e. The number of piperidine rings is 1. The molecular formula is C19H23NO2. The van der Waals surface area contributed by atoms with E-state index in [9.17, 15) is 0 Å². The van der Waals surface area contributed by atoms with Gasteiger partial charge < -0.3 is 14.4 Å². The fraction of sp³-hybridized carbons (Fsp3) is 0.474. The van der Waals surface area contributed by atoms with Crippen LogP contribution < -0.4 is 9.47 Å². The Morgan fingerprint density at radius 1 is 0.909 bits per heavy atom. The number of methoxy groups -OCH3 is 1. The molecule has 4 rings (SSSR count). The zero-order valence-corrected chi connectivity index (χ0v) is 13.3. The molecule has 0 saturated carbocycles. The third-order valence-corrected chi connectivity index (χ3v) is 5.38. The summed E-state index contributed by atoms with van der Waals surface area (Å²) in [6.45, 7) is 0. The molecule has 2 saturated heterocycles. The Morgan fingerprint density at radius 2 is 1.50 bits per heavy atom. The Bertz CT molecular complexity index is 670. The molecule has 0 amide bonds. The van der Waals surface area contributed by atoms with Gasteiger partial charge in [-0.3, -0.25) is 0 Å². The van der Waals surface area contributed by atoms with Crippen molar-refractivity contribution in [2.75, 3.05) is 14.2 Å². The molecule has 2 fully saturated rings. The molecule has 2 aromatic rings. The van der Waals surface area contributed by atoms with Crippen LogP contribution in [0.15, 0.2) is 36.4 Å². The van der Waals surface area contributed by atoms with Gasteiger partial charge in [-0.1, -0.05) is 12.1 Å². The van der Waals surface area contributed by atoms with E-state index in [0.717, 1.165) is 24.3 Å². The molecule has 0 radical (unpaired) electrons. The summed E-state index contributed by atoms with van der Waals surface area (Å²) in [7, 11) is 3.97. The van der Waals surface area contributed by atoms with Gasteiger partial charge in [0.1, 0.15) is 17.6 Å². The van der Waals surface area contributed by atoms with Crippen LogP contribution in [0.1, 0.15) is 25.7 Å². The largest absolute Gasteiger partial charge is 0.497 e. The summed E-state index contributed by atoms with van der Waals surface area (Å²) in [6.07, 6.45) is 5.35. The molecule has 1 unspecified atom stereocenters. The van der Waals surface area contributed by atoms with Crippen molar-refractivity contribution in [1.82, 2.24) is 4.90 Å². The Labute approximate surface area is 131 Å². The van der Waals surface area contributed by atoms with Gasteiger partial charge in [0.2, 0.25) is 0 Å². The van der Waals surface area contributed by atoms with Gasteiger partial charge >= 0.3 is 0 Å². The SMILES string of the molecule is COc1ccc2cc(OC3C[C@H]4CC[C@@H](C3)N4C)ccc2c1. The molecule has 3 heteroatoms. The lowest BCUT2D eigenvalue weighted by Gasteiger charge is -2.36. The van der Waals surface area contributed by atoms with Crippen molar-refractivity contribution in [2.24, 2.45) is 0 Å². The number of hydrogen-bond donors (Lipinski definition) is 0. The van der Waals surface area contributed by atoms with Gasteiger partial charge in [-0.05, 0) is 67.8 Å². The average Bonchev–Trinajstić information content (AvgIpc) is 2.75. The number of rotatable bonds is 3. The smallest absolute Gasteiger partial charge is 0.120 e. The molecule has 3 atom stereocenters. The fourth-order valence-corrected chi connectivity index (χ4v) is 4.05. The lowest BCUT2D eigenvalue weighted by atomic mass is 10.0. The zero-order chi connectivity index (χ0) is 15.1. The molecule has 22 heavy (non-hydrogen) atoms. The first-order chi connectivity index (χ1) is 10.7. The number of fused-ring (bicyclic) bond motifs is 3. The highest BCUT2D eigenvalue weighted by atomic mass is 16.5. The quantitative estimate of drug-likeness (QED) is 0.859. The van der Waals surface area contributed by atoms with Gasteiger partial charge in [-0.15, -0.1) is 0 Å². The minimum Gasteiger partial charge on any atom is -0.497 e. The molecule has 0 spiro atoms. The minimum absolute atomic E-state index is 0.365.